The smallest absolute Gasteiger partial charge is 0.222 e. The third-order valence-corrected chi connectivity index (χ3v) is 5.26. The Hall–Kier alpha value is -3.42. The summed E-state index contributed by atoms with van der Waals surface area (Å²) in [6.07, 6.45) is 6.81. The van der Waals surface area contributed by atoms with E-state index in [1.54, 1.807) is 6.20 Å². The van der Waals surface area contributed by atoms with Crippen molar-refractivity contribution in [2.45, 2.75) is 60.2 Å². The predicted molar refractivity (Wildman–Crippen MR) is 127 cm³/mol. The number of aromatic nitrogens is 6. The minimum absolute atomic E-state index is 0.212. The van der Waals surface area contributed by atoms with Crippen molar-refractivity contribution in [2.24, 2.45) is 0 Å². The van der Waals surface area contributed by atoms with Crippen molar-refractivity contribution < 1.29 is 4.74 Å². The lowest BCUT2D eigenvalue weighted by molar-refractivity contribution is 0.328. The zero-order valence-electron chi connectivity index (χ0n) is 19.5. The van der Waals surface area contributed by atoms with Gasteiger partial charge in [0.05, 0.1) is 35.4 Å². The zero-order chi connectivity index (χ0) is 22.7. The lowest BCUT2D eigenvalue weighted by atomic mass is 10.1. The molecule has 0 unspecified atom stereocenters. The van der Waals surface area contributed by atoms with E-state index >= 15 is 0 Å². The molecule has 0 saturated heterocycles. The van der Waals surface area contributed by atoms with Crippen LogP contribution in [0.1, 0.15) is 51.4 Å². The van der Waals surface area contributed by atoms with Gasteiger partial charge in [-0.05, 0) is 52.3 Å². The molecule has 8 heteroatoms. The van der Waals surface area contributed by atoms with E-state index in [0.717, 1.165) is 52.2 Å². The van der Waals surface area contributed by atoms with Crippen LogP contribution in [0.25, 0.3) is 22.3 Å². The number of pyridine rings is 2. The third kappa shape index (κ3) is 4.30. The second-order valence-corrected chi connectivity index (χ2v) is 8.13. The van der Waals surface area contributed by atoms with E-state index in [-0.39, 0.29) is 6.04 Å². The van der Waals surface area contributed by atoms with E-state index in [9.17, 15) is 0 Å². The van der Waals surface area contributed by atoms with Gasteiger partial charge in [0, 0.05) is 37.1 Å². The first-order valence-electron chi connectivity index (χ1n) is 11.2. The SMILES string of the molecule is CCCn1cc(CNc2cc(-c3cccnc3OCC)nc3c(C)nn(C(C)C)c23)cn1. The first-order chi connectivity index (χ1) is 15.5. The molecule has 0 aromatic carbocycles. The molecule has 0 atom stereocenters. The summed E-state index contributed by atoms with van der Waals surface area (Å²) < 4.78 is 9.79. The largest absolute Gasteiger partial charge is 0.477 e. The molecule has 0 amide bonds. The summed E-state index contributed by atoms with van der Waals surface area (Å²) in [5.41, 5.74) is 6.57. The Morgan fingerprint density at radius 1 is 1.22 bits per heavy atom. The predicted octanol–water partition coefficient (Wildman–Crippen LogP) is 5.00. The number of hydrogen-bond acceptors (Lipinski definition) is 6. The fourth-order valence-electron chi connectivity index (χ4n) is 3.81. The van der Waals surface area contributed by atoms with E-state index in [0.29, 0.717) is 19.0 Å². The Balaban J connectivity index is 1.79. The summed E-state index contributed by atoms with van der Waals surface area (Å²) in [5, 5.41) is 12.8. The fourth-order valence-corrected chi connectivity index (χ4v) is 3.81. The minimum atomic E-state index is 0.212. The molecular formula is C24H31N7O. The molecule has 0 aliphatic carbocycles. The number of anilines is 1. The van der Waals surface area contributed by atoms with E-state index in [1.165, 1.54) is 0 Å². The average Bonchev–Trinajstić information content (AvgIpc) is 3.37. The van der Waals surface area contributed by atoms with Crippen molar-refractivity contribution in [3.8, 4) is 17.1 Å². The van der Waals surface area contributed by atoms with Gasteiger partial charge >= 0.3 is 0 Å². The van der Waals surface area contributed by atoms with Gasteiger partial charge in [-0.1, -0.05) is 6.92 Å². The second kappa shape index (κ2) is 9.38. The van der Waals surface area contributed by atoms with Gasteiger partial charge in [-0.2, -0.15) is 10.2 Å². The van der Waals surface area contributed by atoms with Crippen LogP contribution in [0, 0.1) is 6.92 Å². The molecule has 0 aliphatic rings. The average molecular weight is 434 g/mol. The number of fused-ring (bicyclic) bond motifs is 1. The Bertz CT molecular complexity index is 1210. The summed E-state index contributed by atoms with van der Waals surface area (Å²) in [6.45, 7) is 12.5. The molecule has 0 radical (unpaired) electrons. The van der Waals surface area contributed by atoms with Crippen LogP contribution < -0.4 is 10.1 Å². The van der Waals surface area contributed by atoms with Crippen LogP contribution in [0.5, 0.6) is 5.88 Å². The summed E-state index contributed by atoms with van der Waals surface area (Å²) in [7, 11) is 0. The summed E-state index contributed by atoms with van der Waals surface area (Å²) in [6, 6.07) is 6.18. The maximum Gasteiger partial charge on any atom is 0.222 e. The van der Waals surface area contributed by atoms with Gasteiger partial charge in [0.1, 0.15) is 11.0 Å². The third-order valence-electron chi connectivity index (χ3n) is 5.26. The Morgan fingerprint density at radius 2 is 2.06 bits per heavy atom. The van der Waals surface area contributed by atoms with Crippen LogP contribution in [0.15, 0.2) is 36.8 Å². The molecule has 168 valence electrons. The van der Waals surface area contributed by atoms with Crippen LogP contribution in [0.2, 0.25) is 0 Å². The van der Waals surface area contributed by atoms with Crippen molar-refractivity contribution in [2.75, 3.05) is 11.9 Å². The molecule has 0 aliphatic heterocycles. The summed E-state index contributed by atoms with van der Waals surface area (Å²) in [4.78, 5) is 9.38. The number of nitrogens with one attached hydrogen (secondary N) is 1. The Labute approximate surface area is 188 Å². The molecule has 0 spiro atoms. The first-order valence-corrected chi connectivity index (χ1v) is 11.2. The fraction of sp³-hybridized carbons (Fsp3) is 0.417. The molecule has 0 saturated carbocycles. The van der Waals surface area contributed by atoms with Crippen LogP contribution in [-0.2, 0) is 13.1 Å². The molecule has 8 nitrogen and oxygen atoms in total. The highest BCUT2D eigenvalue weighted by atomic mass is 16.5. The van der Waals surface area contributed by atoms with Crippen LogP contribution in [0.3, 0.4) is 0 Å². The number of rotatable bonds is 9. The monoisotopic (exact) mass is 433 g/mol. The molecule has 4 heterocycles. The van der Waals surface area contributed by atoms with Crippen LogP contribution in [-0.4, -0.2) is 36.1 Å². The minimum Gasteiger partial charge on any atom is -0.477 e. The highest BCUT2D eigenvalue weighted by Crippen LogP contribution is 2.34. The maximum atomic E-state index is 5.77. The molecule has 4 aromatic rings. The highest BCUT2D eigenvalue weighted by molar-refractivity contribution is 5.93. The molecule has 4 rings (SSSR count). The maximum absolute atomic E-state index is 5.77. The van der Waals surface area contributed by atoms with Gasteiger partial charge in [-0.3, -0.25) is 9.36 Å². The van der Waals surface area contributed by atoms with Gasteiger partial charge in [-0.15, -0.1) is 0 Å². The molecule has 4 aromatic heterocycles. The number of ether oxygens (including phenoxy) is 1. The topological polar surface area (TPSA) is 82.7 Å². The van der Waals surface area contributed by atoms with E-state index < -0.39 is 0 Å². The molecule has 0 bridgehead atoms. The standard InChI is InChI=1S/C24H31N7O/c1-6-11-30-15-18(14-27-30)13-26-21-12-20(19-9-8-10-25-24(19)32-7-2)28-22-17(5)29-31(16(3)4)23(21)22/h8-10,12,14-16H,6-7,11,13H2,1-5H3,(H,26,28). The normalized spacial score (nSPS) is 11.4. The van der Waals surface area contributed by atoms with Gasteiger partial charge in [0.15, 0.2) is 0 Å². The number of hydrogen-bond donors (Lipinski definition) is 1. The summed E-state index contributed by atoms with van der Waals surface area (Å²) >= 11 is 0. The quantitative estimate of drug-likeness (QED) is 0.400. The van der Waals surface area contributed by atoms with Gasteiger partial charge in [-0.25, -0.2) is 9.97 Å². The van der Waals surface area contributed by atoms with E-state index in [1.807, 2.05) is 41.5 Å². The van der Waals surface area contributed by atoms with Crippen molar-refractivity contribution in [3.05, 3.63) is 48.0 Å². The van der Waals surface area contributed by atoms with Crippen molar-refractivity contribution in [3.63, 3.8) is 0 Å². The Kier molecular flexibility index (Phi) is 6.39. The lowest BCUT2D eigenvalue weighted by Crippen LogP contribution is -2.07. The van der Waals surface area contributed by atoms with Crippen molar-refractivity contribution in [1.29, 1.82) is 0 Å². The summed E-state index contributed by atoms with van der Waals surface area (Å²) in [5.74, 6) is 0.586. The Morgan fingerprint density at radius 3 is 2.81 bits per heavy atom. The zero-order valence-corrected chi connectivity index (χ0v) is 19.5. The van der Waals surface area contributed by atoms with E-state index in [2.05, 4.69) is 48.4 Å². The van der Waals surface area contributed by atoms with E-state index in [4.69, 9.17) is 14.8 Å². The molecule has 0 fully saturated rings. The molecular weight excluding hydrogens is 402 g/mol. The second-order valence-electron chi connectivity index (χ2n) is 8.13. The van der Waals surface area contributed by atoms with Crippen LogP contribution >= 0.6 is 0 Å². The first kappa shape index (κ1) is 21.8. The molecule has 32 heavy (non-hydrogen) atoms. The van der Waals surface area contributed by atoms with Crippen LogP contribution in [0.4, 0.5) is 5.69 Å². The van der Waals surface area contributed by atoms with Gasteiger partial charge < -0.3 is 10.1 Å². The molecule has 1 N–H and O–H groups in total. The lowest BCUT2D eigenvalue weighted by Gasteiger charge is -2.14. The number of nitrogens with zero attached hydrogens (tertiary/aromatic N) is 6. The van der Waals surface area contributed by atoms with Gasteiger partial charge in [0.2, 0.25) is 5.88 Å². The number of aryl methyl sites for hydroxylation is 2. The van der Waals surface area contributed by atoms with Crippen molar-refractivity contribution in [1.82, 2.24) is 29.5 Å². The van der Waals surface area contributed by atoms with Crippen molar-refractivity contribution >= 4 is 16.7 Å². The van der Waals surface area contributed by atoms with Gasteiger partial charge in [0.25, 0.3) is 0 Å². The highest BCUT2D eigenvalue weighted by Gasteiger charge is 2.19.